The molecular formula is C19H24O5. The molecular weight excluding hydrogens is 308 g/mol. The highest BCUT2D eigenvalue weighted by Gasteiger charge is 2.44. The second-order valence-corrected chi connectivity index (χ2v) is 6.70. The second-order valence-electron chi connectivity index (χ2n) is 6.70. The molecule has 5 heteroatoms. The molecule has 0 radical (unpaired) electrons. The van der Waals surface area contributed by atoms with E-state index in [0.717, 1.165) is 18.3 Å². The van der Waals surface area contributed by atoms with Crippen LogP contribution in [0.2, 0.25) is 0 Å². The van der Waals surface area contributed by atoms with Gasteiger partial charge in [0.1, 0.15) is 18.5 Å². The van der Waals surface area contributed by atoms with Gasteiger partial charge < -0.3 is 9.47 Å². The van der Waals surface area contributed by atoms with Gasteiger partial charge >= 0.3 is 11.9 Å². The van der Waals surface area contributed by atoms with E-state index in [1.165, 1.54) is 0 Å². The lowest BCUT2D eigenvalue weighted by molar-refractivity contribution is -0.155. The number of aldehydes is 1. The molecule has 0 bridgehead atoms. The van der Waals surface area contributed by atoms with E-state index in [-0.39, 0.29) is 23.9 Å². The molecule has 0 aromatic heterocycles. The molecule has 0 unspecified atom stereocenters. The lowest BCUT2D eigenvalue weighted by Gasteiger charge is -2.27. The molecule has 130 valence electrons. The highest BCUT2D eigenvalue weighted by atomic mass is 16.6. The van der Waals surface area contributed by atoms with Gasteiger partial charge in [-0.05, 0) is 31.4 Å². The summed E-state index contributed by atoms with van der Waals surface area (Å²) in [5, 5.41) is 0. The molecule has 2 aliphatic rings. The minimum absolute atomic E-state index is 0.256. The summed E-state index contributed by atoms with van der Waals surface area (Å²) >= 11 is 0. The van der Waals surface area contributed by atoms with Crippen molar-refractivity contribution < 1.29 is 23.9 Å². The van der Waals surface area contributed by atoms with Crippen LogP contribution in [0.5, 0.6) is 0 Å². The number of ether oxygens (including phenoxy) is 2. The van der Waals surface area contributed by atoms with Crippen LogP contribution < -0.4 is 0 Å². The minimum atomic E-state index is -0.651. The molecule has 0 N–H and O–H groups in total. The quantitative estimate of drug-likeness (QED) is 0.344. The number of rotatable bonds is 3. The van der Waals surface area contributed by atoms with Crippen molar-refractivity contribution in [2.24, 2.45) is 11.8 Å². The predicted molar refractivity (Wildman–Crippen MR) is 89.0 cm³/mol. The standard InChI is InChI=1S/C19H24O5/c1-11(2)18(21)23-16-9-14(10-20)7-5-6-12(3)8-15-17(16)13(4)19(22)24-15/h7-8,10-11,15-17H,4-6,9H2,1-3H3/b12-8+,14-7+/t15-,16-,17+/m1/s1. The molecule has 2 rings (SSSR count). The Morgan fingerprint density at radius 3 is 2.79 bits per heavy atom. The molecule has 0 saturated carbocycles. The Labute approximate surface area is 142 Å². The van der Waals surface area contributed by atoms with Gasteiger partial charge in [0.15, 0.2) is 0 Å². The smallest absolute Gasteiger partial charge is 0.334 e. The van der Waals surface area contributed by atoms with Gasteiger partial charge in [0.25, 0.3) is 0 Å². The van der Waals surface area contributed by atoms with Gasteiger partial charge in [0.05, 0.1) is 11.8 Å². The number of hydrogen-bond acceptors (Lipinski definition) is 5. The van der Waals surface area contributed by atoms with Crippen molar-refractivity contribution in [3.8, 4) is 0 Å². The third-order valence-corrected chi connectivity index (χ3v) is 4.38. The average molecular weight is 332 g/mol. The van der Waals surface area contributed by atoms with Crippen LogP contribution in [0.25, 0.3) is 0 Å². The molecule has 0 amide bonds. The number of esters is 2. The first-order valence-electron chi connectivity index (χ1n) is 8.25. The fourth-order valence-electron chi connectivity index (χ4n) is 2.97. The zero-order chi connectivity index (χ0) is 17.9. The number of fused-ring (bicyclic) bond motifs is 1. The molecule has 0 aromatic carbocycles. The Balaban J connectivity index is 2.41. The third-order valence-electron chi connectivity index (χ3n) is 4.38. The fourth-order valence-corrected chi connectivity index (χ4v) is 2.97. The van der Waals surface area contributed by atoms with Crippen LogP contribution >= 0.6 is 0 Å². The van der Waals surface area contributed by atoms with E-state index in [1.54, 1.807) is 13.8 Å². The van der Waals surface area contributed by atoms with Crippen molar-refractivity contribution in [1.82, 2.24) is 0 Å². The summed E-state index contributed by atoms with van der Waals surface area (Å²) < 4.78 is 11.0. The topological polar surface area (TPSA) is 69.7 Å². The summed E-state index contributed by atoms with van der Waals surface area (Å²) in [6, 6.07) is 0. The van der Waals surface area contributed by atoms with E-state index in [2.05, 4.69) is 6.58 Å². The minimum Gasteiger partial charge on any atom is -0.461 e. The molecule has 1 aliphatic heterocycles. The zero-order valence-corrected chi connectivity index (χ0v) is 14.4. The van der Waals surface area contributed by atoms with E-state index < -0.39 is 24.1 Å². The van der Waals surface area contributed by atoms with Gasteiger partial charge in [0, 0.05) is 12.0 Å². The summed E-state index contributed by atoms with van der Waals surface area (Å²) in [5.74, 6) is -1.62. The Kier molecular flexibility index (Phi) is 5.75. The van der Waals surface area contributed by atoms with Crippen molar-refractivity contribution in [2.75, 3.05) is 0 Å². The largest absolute Gasteiger partial charge is 0.461 e. The van der Waals surface area contributed by atoms with Gasteiger partial charge in [-0.1, -0.05) is 32.1 Å². The van der Waals surface area contributed by atoms with Crippen LogP contribution in [0, 0.1) is 11.8 Å². The van der Waals surface area contributed by atoms with Crippen molar-refractivity contribution in [1.29, 1.82) is 0 Å². The molecule has 0 aromatic rings. The Bertz CT molecular complexity index is 611. The first-order chi connectivity index (χ1) is 11.3. The number of carbonyl (C=O) groups is 3. The van der Waals surface area contributed by atoms with Crippen molar-refractivity contribution >= 4 is 18.2 Å². The highest BCUT2D eigenvalue weighted by molar-refractivity contribution is 5.91. The summed E-state index contributed by atoms with van der Waals surface area (Å²) in [7, 11) is 0. The van der Waals surface area contributed by atoms with E-state index >= 15 is 0 Å². The van der Waals surface area contributed by atoms with Gasteiger partial charge in [-0.2, -0.15) is 0 Å². The maximum atomic E-state index is 12.1. The van der Waals surface area contributed by atoms with E-state index in [0.29, 0.717) is 12.0 Å². The van der Waals surface area contributed by atoms with Crippen molar-refractivity contribution in [3.05, 3.63) is 35.5 Å². The van der Waals surface area contributed by atoms with Crippen LogP contribution in [-0.2, 0) is 23.9 Å². The second kappa shape index (κ2) is 7.60. The summed E-state index contributed by atoms with van der Waals surface area (Å²) in [5.41, 5.74) is 1.92. The maximum absolute atomic E-state index is 12.1. The molecule has 0 spiro atoms. The average Bonchev–Trinajstić information content (AvgIpc) is 2.79. The summed E-state index contributed by atoms with van der Waals surface area (Å²) in [4.78, 5) is 35.4. The molecule has 1 heterocycles. The van der Waals surface area contributed by atoms with Crippen LogP contribution in [0.3, 0.4) is 0 Å². The van der Waals surface area contributed by atoms with Gasteiger partial charge in [-0.15, -0.1) is 0 Å². The highest BCUT2D eigenvalue weighted by Crippen LogP contribution is 2.36. The van der Waals surface area contributed by atoms with Crippen LogP contribution in [0.1, 0.15) is 40.0 Å². The first kappa shape index (κ1) is 18.2. The number of allylic oxidation sites excluding steroid dienone is 2. The molecule has 1 fully saturated rings. The van der Waals surface area contributed by atoms with Crippen LogP contribution in [-0.4, -0.2) is 30.4 Å². The fraction of sp³-hybridized carbons (Fsp3) is 0.526. The van der Waals surface area contributed by atoms with E-state index in [9.17, 15) is 14.4 Å². The van der Waals surface area contributed by atoms with E-state index in [4.69, 9.17) is 9.47 Å². The lowest BCUT2D eigenvalue weighted by Crippen LogP contribution is -2.34. The monoisotopic (exact) mass is 332 g/mol. The van der Waals surface area contributed by atoms with Gasteiger partial charge in [-0.3, -0.25) is 9.59 Å². The SMILES string of the molecule is C=C1C(=O)O[C@@H]2/C=C(\C)CC/C=C(/C=O)C[C@@H](OC(=O)C(C)C)[C@@H]12. The first-order valence-corrected chi connectivity index (χ1v) is 8.25. The molecule has 24 heavy (non-hydrogen) atoms. The Morgan fingerprint density at radius 2 is 2.17 bits per heavy atom. The lowest BCUT2D eigenvalue weighted by atomic mass is 9.85. The maximum Gasteiger partial charge on any atom is 0.334 e. The Hall–Kier alpha value is -2.17. The molecule has 1 saturated heterocycles. The predicted octanol–water partition coefficient (Wildman–Crippen LogP) is 2.91. The zero-order valence-electron chi connectivity index (χ0n) is 14.4. The molecule has 1 aliphatic carbocycles. The van der Waals surface area contributed by atoms with Crippen molar-refractivity contribution in [3.63, 3.8) is 0 Å². The van der Waals surface area contributed by atoms with Crippen LogP contribution in [0.15, 0.2) is 35.5 Å². The molecule has 5 nitrogen and oxygen atoms in total. The third kappa shape index (κ3) is 4.02. The summed E-state index contributed by atoms with van der Waals surface area (Å²) in [6.45, 7) is 9.26. The summed E-state index contributed by atoms with van der Waals surface area (Å²) in [6.07, 6.45) is 5.13. The van der Waals surface area contributed by atoms with Gasteiger partial charge in [-0.25, -0.2) is 4.79 Å². The molecule has 3 atom stereocenters. The number of hydrogen-bond donors (Lipinski definition) is 0. The van der Waals surface area contributed by atoms with Gasteiger partial charge in [0.2, 0.25) is 0 Å². The normalized spacial score (nSPS) is 32.1. The van der Waals surface area contributed by atoms with Crippen molar-refractivity contribution in [2.45, 2.75) is 52.2 Å². The van der Waals surface area contributed by atoms with Crippen LogP contribution in [0.4, 0.5) is 0 Å². The number of carbonyl (C=O) groups excluding carboxylic acids is 3. The van der Waals surface area contributed by atoms with E-state index in [1.807, 2.05) is 19.1 Å². The Morgan fingerprint density at radius 1 is 1.46 bits per heavy atom.